The van der Waals surface area contributed by atoms with Crippen molar-refractivity contribution in [1.29, 1.82) is 0 Å². The second kappa shape index (κ2) is 10.6. The average molecular weight is 481 g/mol. The molecule has 2 aliphatic rings. The Labute approximate surface area is 203 Å². The van der Waals surface area contributed by atoms with Crippen LogP contribution in [0.2, 0.25) is 0 Å². The first kappa shape index (κ1) is 23.5. The molecule has 1 saturated heterocycles. The fourth-order valence-corrected chi connectivity index (χ4v) is 4.93. The van der Waals surface area contributed by atoms with Crippen LogP contribution in [0.4, 0.5) is 14.5 Å². The van der Waals surface area contributed by atoms with Crippen LogP contribution in [0.3, 0.4) is 0 Å². The van der Waals surface area contributed by atoms with Gasteiger partial charge in [-0.05, 0) is 49.8 Å². The molecule has 3 aromatic rings. The van der Waals surface area contributed by atoms with Crippen molar-refractivity contribution in [3.8, 4) is 11.4 Å². The standard InChI is InChI=1S/C27H30F2N4O2/c28-21-16-22(29)18-23(17-21)33-27(34)26(35-24-8-4-5-9-24)25(19-30-33)32-14-12-31(13-15-32)11-10-20-6-2-1-3-7-20/h1-3,6-7,16-19,24H,4-5,8-15H2. The van der Waals surface area contributed by atoms with E-state index in [-0.39, 0.29) is 17.5 Å². The number of aromatic nitrogens is 2. The molecule has 0 amide bonds. The van der Waals surface area contributed by atoms with Gasteiger partial charge in [-0.3, -0.25) is 9.69 Å². The summed E-state index contributed by atoms with van der Waals surface area (Å²) < 4.78 is 34.9. The maximum atomic E-state index is 13.8. The molecule has 2 fully saturated rings. The Morgan fingerprint density at radius 2 is 1.63 bits per heavy atom. The molecule has 5 rings (SSSR count). The Bertz CT molecular complexity index is 1180. The monoisotopic (exact) mass is 480 g/mol. The molecule has 0 bridgehead atoms. The zero-order valence-electron chi connectivity index (χ0n) is 19.7. The van der Waals surface area contributed by atoms with Gasteiger partial charge in [-0.2, -0.15) is 9.78 Å². The first-order valence-corrected chi connectivity index (χ1v) is 12.3. The second-order valence-corrected chi connectivity index (χ2v) is 9.29. The molecule has 6 nitrogen and oxygen atoms in total. The summed E-state index contributed by atoms with van der Waals surface area (Å²) in [5, 5.41) is 4.27. The maximum Gasteiger partial charge on any atom is 0.316 e. The van der Waals surface area contributed by atoms with E-state index < -0.39 is 17.2 Å². The fraction of sp³-hybridized carbons (Fsp3) is 0.407. The predicted octanol–water partition coefficient (Wildman–Crippen LogP) is 4.20. The third-order valence-corrected chi connectivity index (χ3v) is 6.87. The van der Waals surface area contributed by atoms with Crippen molar-refractivity contribution in [1.82, 2.24) is 14.7 Å². The zero-order valence-corrected chi connectivity index (χ0v) is 19.7. The Kier molecular flexibility index (Phi) is 7.08. The second-order valence-electron chi connectivity index (χ2n) is 9.29. The van der Waals surface area contributed by atoms with Crippen molar-refractivity contribution < 1.29 is 13.5 Å². The lowest BCUT2D eigenvalue weighted by atomic mass is 10.1. The molecule has 2 aromatic carbocycles. The van der Waals surface area contributed by atoms with E-state index in [9.17, 15) is 13.6 Å². The van der Waals surface area contributed by atoms with E-state index in [1.54, 1.807) is 6.20 Å². The molecule has 0 radical (unpaired) electrons. The van der Waals surface area contributed by atoms with Gasteiger partial charge in [0.2, 0.25) is 5.75 Å². The van der Waals surface area contributed by atoms with E-state index in [2.05, 4.69) is 39.2 Å². The Morgan fingerprint density at radius 1 is 0.943 bits per heavy atom. The number of benzene rings is 2. The highest BCUT2D eigenvalue weighted by Crippen LogP contribution is 2.30. The number of anilines is 1. The molecule has 1 aliphatic carbocycles. The van der Waals surface area contributed by atoms with Crippen molar-refractivity contribution in [2.45, 2.75) is 38.2 Å². The molecular formula is C27H30F2N4O2. The number of hydrogen-bond acceptors (Lipinski definition) is 5. The van der Waals surface area contributed by atoms with Crippen molar-refractivity contribution in [3.05, 3.63) is 82.3 Å². The molecule has 8 heteroatoms. The van der Waals surface area contributed by atoms with Gasteiger partial charge >= 0.3 is 5.56 Å². The minimum Gasteiger partial charge on any atom is -0.483 e. The normalized spacial score (nSPS) is 17.1. The number of nitrogens with zero attached hydrogens (tertiary/aromatic N) is 4. The molecule has 0 unspecified atom stereocenters. The summed E-state index contributed by atoms with van der Waals surface area (Å²) in [5.74, 6) is -1.31. The highest BCUT2D eigenvalue weighted by molar-refractivity contribution is 5.57. The lowest BCUT2D eigenvalue weighted by Gasteiger charge is -2.36. The predicted molar refractivity (Wildman–Crippen MR) is 131 cm³/mol. The molecule has 0 spiro atoms. The van der Waals surface area contributed by atoms with Crippen molar-refractivity contribution >= 4 is 5.69 Å². The van der Waals surface area contributed by atoms with E-state index in [0.717, 1.165) is 87.7 Å². The Balaban J connectivity index is 1.36. The van der Waals surface area contributed by atoms with Gasteiger partial charge in [-0.1, -0.05) is 30.3 Å². The molecule has 0 N–H and O–H groups in total. The van der Waals surface area contributed by atoms with E-state index in [1.807, 2.05) is 6.07 Å². The summed E-state index contributed by atoms with van der Waals surface area (Å²) in [6.45, 7) is 4.21. The minimum atomic E-state index is -0.761. The van der Waals surface area contributed by atoms with Gasteiger partial charge in [0.15, 0.2) is 0 Å². The molecule has 1 aliphatic heterocycles. The topological polar surface area (TPSA) is 50.6 Å². The average Bonchev–Trinajstić information content (AvgIpc) is 3.38. The molecule has 1 aromatic heterocycles. The van der Waals surface area contributed by atoms with Crippen LogP contribution in [0.25, 0.3) is 5.69 Å². The van der Waals surface area contributed by atoms with Crippen LogP contribution in [-0.2, 0) is 6.42 Å². The van der Waals surface area contributed by atoms with Crippen LogP contribution in [0.15, 0.2) is 59.5 Å². The lowest BCUT2D eigenvalue weighted by molar-refractivity contribution is 0.204. The minimum absolute atomic E-state index is 0.0336. The summed E-state index contributed by atoms with van der Waals surface area (Å²) in [6, 6.07) is 13.4. The first-order chi connectivity index (χ1) is 17.1. The summed E-state index contributed by atoms with van der Waals surface area (Å²) in [6.07, 6.45) is 6.47. The van der Waals surface area contributed by atoms with E-state index >= 15 is 0 Å². The number of hydrogen-bond donors (Lipinski definition) is 0. The van der Waals surface area contributed by atoms with Gasteiger partial charge in [0, 0.05) is 38.8 Å². The van der Waals surface area contributed by atoms with E-state index in [0.29, 0.717) is 5.69 Å². The largest absolute Gasteiger partial charge is 0.483 e. The highest BCUT2D eigenvalue weighted by atomic mass is 19.1. The van der Waals surface area contributed by atoms with Crippen LogP contribution >= 0.6 is 0 Å². The summed E-state index contributed by atoms with van der Waals surface area (Å²) >= 11 is 0. The molecule has 35 heavy (non-hydrogen) atoms. The maximum absolute atomic E-state index is 13.8. The van der Waals surface area contributed by atoms with Crippen molar-refractivity contribution in [2.75, 3.05) is 37.6 Å². The molecule has 184 valence electrons. The van der Waals surface area contributed by atoms with E-state index in [1.165, 1.54) is 5.56 Å². The van der Waals surface area contributed by atoms with Crippen molar-refractivity contribution in [2.24, 2.45) is 0 Å². The lowest BCUT2D eigenvalue weighted by Crippen LogP contribution is -2.47. The Morgan fingerprint density at radius 3 is 2.31 bits per heavy atom. The first-order valence-electron chi connectivity index (χ1n) is 12.3. The van der Waals surface area contributed by atoms with E-state index in [4.69, 9.17) is 4.74 Å². The van der Waals surface area contributed by atoms with Gasteiger partial charge in [-0.25, -0.2) is 8.78 Å². The number of halogens is 2. The fourth-order valence-electron chi connectivity index (χ4n) is 4.93. The summed E-state index contributed by atoms with van der Waals surface area (Å²) in [7, 11) is 0. The van der Waals surface area contributed by atoms with Gasteiger partial charge in [0.1, 0.15) is 17.3 Å². The van der Waals surface area contributed by atoms with Gasteiger partial charge in [-0.15, -0.1) is 0 Å². The molecule has 0 atom stereocenters. The molecular weight excluding hydrogens is 450 g/mol. The summed E-state index contributed by atoms with van der Waals surface area (Å²) in [5.41, 5.74) is 1.52. The zero-order chi connectivity index (χ0) is 24.2. The number of rotatable bonds is 7. The van der Waals surface area contributed by atoms with Crippen LogP contribution < -0.4 is 15.2 Å². The number of piperazine rings is 1. The van der Waals surface area contributed by atoms with Crippen LogP contribution in [0, 0.1) is 11.6 Å². The molecule has 1 saturated carbocycles. The molecule has 2 heterocycles. The van der Waals surface area contributed by atoms with Crippen LogP contribution in [0.5, 0.6) is 5.75 Å². The highest BCUT2D eigenvalue weighted by Gasteiger charge is 2.26. The smallest absolute Gasteiger partial charge is 0.316 e. The van der Waals surface area contributed by atoms with Gasteiger partial charge in [0.05, 0.1) is 18.0 Å². The third kappa shape index (κ3) is 5.53. The SMILES string of the molecule is O=c1c(OC2CCCC2)c(N2CCN(CCc3ccccc3)CC2)cnn1-c1cc(F)cc(F)c1. The van der Waals surface area contributed by atoms with Gasteiger partial charge < -0.3 is 9.64 Å². The van der Waals surface area contributed by atoms with Gasteiger partial charge in [0.25, 0.3) is 0 Å². The van der Waals surface area contributed by atoms with Crippen LogP contribution in [-0.4, -0.2) is 53.5 Å². The third-order valence-electron chi connectivity index (χ3n) is 6.87. The van der Waals surface area contributed by atoms with Crippen LogP contribution in [0.1, 0.15) is 31.2 Å². The van der Waals surface area contributed by atoms with Crippen molar-refractivity contribution in [3.63, 3.8) is 0 Å². The quantitative estimate of drug-likeness (QED) is 0.508. The summed E-state index contributed by atoms with van der Waals surface area (Å²) in [4.78, 5) is 18.0. The Hall–Kier alpha value is -3.26. The number of ether oxygens (including phenoxy) is 1.